The van der Waals surface area contributed by atoms with Gasteiger partial charge in [-0.05, 0) is 31.5 Å². The molecular formula is C12H16ClN3. The van der Waals surface area contributed by atoms with Gasteiger partial charge in [-0.1, -0.05) is 12.1 Å². The molecule has 0 spiro atoms. The van der Waals surface area contributed by atoms with Crippen LogP contribution < -0.4 is 5.73 Å². The van der Waals surface area contributed by atoms with Crippen molar-refractivity contribution in [2.75, 3.05) is 0 Å². The molecule has 2 rings (SSSR count). The highest BCUT2D eigenvalue weighted by atomic mass is 35.5. The van der Waals surface area contributed by atoms with Crippen LogP contribution in [0.25, 0.3) is 5.69 Å². The Morgan fingerprint density at radius 1 is 1.25 bits per heavy atom. The molecule has 0 unspecified atom stereocenters. The third-order valence-corrected chi connectivity index (χ3v) is 2.52. The fourth-order valence-electron chi connectivity index (χ4n) is 1.59. The number of hydrogen-bond acceptors (Lipinski definition) is 2. The van der Waals surface area contributed by atoms with Gasteiger partial charge in [-0.15, -0.1) is 12.4 Å². The van der Waals surface area contributed by atoms with E-state index >= 15 is 0 Å². The van der Waals surface area contributed by atoms with Crippen molar-refractivity contribution >= 4 is 12.4 Å². The maximum atomic E-state index is 5.79. The van der Waals surface area contributed by atoms with Gasteiger partial charge in [-0.2, -0.15) is 0 Å². The Morgan fingerprint density at radius 2 is 1.88 bits per heavy atom. The molecule has 0 bridgehead atoms. The smallest absolute Gasteiger partial charge is 0.110 e. The van der Waals surface area contributed by atoms with Crippen LogP contribution in [-0.2, 0) is 0 Å². The van der Waals surface area contributed by atoms with E-state index in [9.17, 15) is 0 Å². The number of imidazole rings is 1. The first-order valence-electron chi connectivity index (χ1n) is 5.04. The molecule has 16 heavy (non-hydrogen) atoms. The van der Waals surface area contributed by atoms with Crippen LogP contribution in [0.4, 0.5) is 0 Å². The first kappa shape index (κ1) is 12.7. The van der Waals surface area contributed by atoms with Gasteiger partial charge < -0.3 is 10.3 Å². The quantitative estimate of drug-likeness (QED) is 0.873. The number of rotatable bonds is 2. The van der Waals surface area contributed by atoms with E-state index in [4.69, 9.17) is 5.73 Å². The van der Waals surface area contributed by atoms with Gasteiger partial charge in [-0.3, -0.25) is 0 Å². The molecular weight excluding hydrogens is 222 g/mol. The molecule has 0 aliphatic rings. The molecule has 2 aromatic rings. The van der Waals surface area contributed by atoms with Crippen LogP contribution in [0, 0.1) is 6.92 Å². The SMILES string of the molecule is Cc1nccn1-c1ccc([C@H](C)N)cc1.Cl. The zero-order chi connectivity index (χ0) is 10.8. The number of nitrogens with two attached hydrogens (primary N) is 1. The van der Waals surface area contributed by atoms with Crippen LogP contribution in [-0.4, -0.2) is 9.55 Å². The van der Waals surface area contributed by atoms with Gasteiger partial charge in [0.25, 0.3) is 0 Å². The van der Waals surface area contributed by atoms with E-state index in [1.165, 1.54) is 0 Å². The van der Waals surface area contributed by atoms with Crippen molar-refractivity contribution < 1.29 is 0 Å². The molecule has 2 N–H and O–H groups in total. The van der Waals surface area contributed by atoms with Gasteiger partial charge in [-0.25, -0.2) is 4.98 Å². The monoisotopic (exact) mass is 237 g/mol. The number of nitrogens with zero attached hydrogens (tertiary/aromatic N) is 2. The highest BCUT2D eigenvalue weighted by molar-refractivity contribution is 5.85. The summed E-state index contributed by atoms with van der Waals surface area (Å²) >= 11 is 0. The number of benzene rings is 1. The summed E-state index contributed by atoms with van der Waals surface area (Å²) in [7, 11) is 0. The van der Waals surface area contributed by atoms with Gasteiger partial charge in [0.05, 0.1) is 0 Å². The summed E-state index contributed by atoms with van der Waals surface area (Å²) in [5, 5.41) is 0. The lowest BCUT2D eigenvalue weighted by Crippen LogP contribution is -2.05. The number of aryl methyl sites for hydroxylation is 1. The minimum absolute atomic E-state index is 0. The number of hydrogen-bond donors (Lipinski definition) is 1. The van der Waals surface area contributed by atoms with Crippen molar-refractivity contribution in [3.63, 3.8) is 0 Å². The summed E-state index contributed by atoms with van der Waals surface area (Å²) in [5.74, 6) is 0.989. The molecule has 0 saturated heterocycles. The molecule has 1 aromatic heterocycles. The second-order valence-electron chi connectivity index (χ2n) is 3.72. The van der Waals surface area contributed by atoms with E-state index in [1.807, 2.05) is 24.6 Å². The van der Waals surface area contributed by atoms with Crippen molar-refractivity contribution in [2.45, 2.75) is 19.9 Å². The predicted molar refractivity (Wildman–Crippen MR) is 68.2 cm³/mol. The van der Waals surface area contributed by atoms with Gasteiger partial charge in [0, 0.05) is 24.1 Å². The zero-order valence-electron chi connectivity index (χ0n) is 9.42. The lowest BCUT2D eigenvalue weighted by atomic mass is 10.1. The fraction of sp³-hybridized carbons (Fsp3) is 0.250. The van der Waals surface area contributed by atoms with E-state index in [2.05, 4.69) is 29.2 Å². The van der Waals surface area contributed by atoms with Gasteiger partial charge in [0.2, 0.25) is 0 Å². The normalized spacial score (nSPS) is 11.9. The summed E-state index contributed by atoms with van der Waals surface area (Å²) < 4.78 is 2.05. The van der Waals surface area contributed by atoms with Crippen molar-refractivity contribution in [1.29, 1.82) is 0 Å². The Morgan fingerprint density at radius 3 is 2.31 bits per heavy atom. The summed E-state index contributed by atoms with van der Waals surface area (Å²) in [6, 6.07) is 8.32. The highest BCUT2D eigenvalue weighted by Gasteiger charge is 2.02. The summed E-state index contributed by atoms with van der Waals surface area (Å²) in [5.41, 5.74) is 8.06. The lowest BCUT2D eigenvalue weighted by Gasteiger charge is -2.08. The molecule has 0 saturated carbocycles. The second kappa shape index (κ2) is 5.14. The summed E-state index contributed by atoms with van der Waals surface area (Å²) in [6.45, 7) is 3.97. The Kier molecular flexibility index (Phi) is 4.10. The molecule has 0 amide bonds. The van der Waals surface area contributed by atoms with Gasteiger partial charge in [0.1, 0.15) is 5.82 Å². The molecule has 0 aliphatic carbocycles. The van der Waals surface area contributed by atoms with Gasteiger partial charge >= 0.3 is 0 Å². The van der Waals surface area contributed by atoms with Crippen molar-refractivity contribution in [1.82, 2.24) is 9.55 Å². The van der Waals surface area contributed by atoms with Crippen molar-refractivity contribution in [3.8, 4) is 5.69 Å². The minimum atomic E-state index is 0. The molecule has 0 radical (unpaired) electrons. The molecule has 0 fully saturated rings. The van der Waals surface area contributed by atoms with Crippen LogP contribution >= 0.6 is 12.4 Å². The second-order valence-corrected chi connectivity index (χ2v) is 3.72. The van der Waals surface area contributed by atoms with Crippen LogP contribution in [0.3, 0.4) is 0 Å². The zero-order valence-corrected chi connectivity index (χ0v) is 10.2. The average molecular weight is 238 g/mol. The standard InChI is InChI=1S/C12H15N3.ClH/c1-9(13)11-3-5-12(6-4-11)15-8-7-14-10(15)2;/h3-9H,13H2,1-2H3;1H/t9-;/m0./s1. The van der Waals surface area contributed by atoms with E-state index in [0.717, 1.165) is 17.1 Å². The summed E-state index contributed by atoms with van der Waals surface area (Å²) in [6.07, 6.45) is 3.75. The van der Waals surface area contributed by atoms with E-state index in [0.29, 0.717) is 0 Å². The Labute approximate surface area is 102 Å². The first-order valence-corrected chi connectivity index (χ1v) is 5.04. The first-order chi connectivity index (χ1) is 7.18. The lowest BCUT2D eigenvalue weighted by molar-refractivity contribution is 0.817. The largest absolute Gasteiger partial charge is 0.324 e. The highest BCUT2D eigenvalue weighted by Crippen LogP contribution is 2.14. The molecule has 1 aromatic carbocycles. The fourth-order valence-corrected chi connectivity index (χ4v) is 1.59. The minimum Gasteiger partial charge on any atom is -0.324 e. The number of aromatic nitrogens is 2. The van der Waals surface area contributed by atoms with Crippen molar-refractivity contribution in [2.24, 2.45) is 5.73 Å². The molecule has 4 heteroatoms. The third kappa shape index (κ3) is 2.43. The van der Waals surface area contributed by atoms with Crippen LogP contribution in [0.2, 0.25) is 0 Å². The average Bonchev–Trinajstić information content (AvgIpc) is 2.65. The summed E-state index contributed by atoms with van der Waals surface area (Å²) in [4.78, 5) is 4.19. The molecule has 1 heterocycles. The Bertz CT molecular complexity index is 446. The van der Waals surface area contributed by atoms with Crippen LogP contribution in [0.1, 0.15) is 24.4 Å². The van der Waals surface area contributed by atoms with E-state index in [-0.39, 0.29) is 18.4 Å². The molecule has 0 aliphatic heterocycles. The number of halogens is 1. The topological polar surface area (TPSA) is 43.8 Å². The third-order valence-electron chi connectivity index (χ3n) is 2.52. The molecule has 1 atom stereocenters. The van der Waals surface area contributed by atoms with Gasteiger partial charge in [0.15, 0.2) is 0 Å². The predicted octanol–water partition coefficient (Wildman–Crippen LogP) is 2.62. The molecule has 86 valence electrons. The Hall–Kier alpha value is -1.32. The maximum absolute atomic E-state index is 5.79. The van der Waals surface area contributed by atoms with E-state index < -0.39 is 0 Å². The van der Waals surface area contributed by atoms with Crippen LogP contribution in [0.15, 0.2) is 36.7 Å². The maximum Gasteiger partial charge on any atom is 0.110 e. The molecule has 3 nitrogen and oxygen atoms in total. The van der Waals surface area contributed by atoms with E-state index in [1.54, 1.807) is 6.20 Å². The Balaban J connectivity index is 0.00000128. The van der Waals surface area contributed by atoms with Crippen molar-refractivity contribution in [3.05, 3.63) is 48.0 Å². The van der Waals surface area contributed by atoms with Crippen LogP contribution in [0.5, 0.6) is 0 Å².